The quantitative estimate of drug-likeness (QED) is 0.559. The molecule has 1 fully saturated rings. The van der Waals surface area contributed by atoms with Gasteiger partial charge in [-0.15, -0.1) is 0 Å². The SMILES string of the molecule is CCOC(=O)n1c(C(=O)OC(C)(C)C)cc2cc(B3OC(C)(C)C(C)(C)O3)ccc21. The van der Waals surface area contributed by atoms with Gasteiger partial charge in [0, 0.05) is 5.39 Å². The number of esters is 1. The third kappa shape index (κ3) is 4.11. The zero-order chi connectivity index (χ0) is 22.5. The number of aromatic nitrogens is 1. The molecule has 0 atom stereocenters. The van der Waals surface area contributed by atoms with Gasteiger partial charge in [0.05, 0.1) is 23.3 Å². The fraction of sp³-hybridized carbons (Fsp3) is 0.545. The van der Waals surface area contributed by atoms with Crippen molar-refractivity contribution in [3.8, 4) is 0 Å². The minimum absolute atomic E-state index is 0.115. The average molecular weight is 415 g/mol. The van der Waals surface area contributed by atoms with E-state index in [1.807, 2.05) is 39.8 Å². The number of rotatable bonds is 3. The normalized spacial score (nSPS) is 17.9. The van der Waals surface area contributed by atoms with Crippen molar-refractivity contribution in [3.05, 3.63) is 30.0 Å². The Morgan fingerprint density at radius 3 is 2.20 bits per heavy atom. The highest BCUT2D eigenvalue weighted by atomic mass is 16.7. The lowest BCUT2D eigenvalue weighted by molar-refractivity contribution is 0.00575. The maximum Gasteiger partial charge on any atom is 0.494 e. The number of hydrogen-bond donors (Lipinski definition) is 0. The highest BCUT2D eigenvalue weighted by Gasteiger charge is 2.51. The van der Waals surface area contributed by atoms with Crippen molar-refractivity contribution >= 4 is 35.5 Å². The third-order valence-corrected chi connectivity index (χ3v) is 5.41. The standard InChI is InChI=1S/C22H30BNO6/c1-9-27-19(26)24-16-11-10-15(23-29-21(5,6)22(7,8)30-23)12-14(16)13-17(24)18(25)28-20(2,3)4/h10-13H,9H2,1-8H3. The van der Waals surface area contributed by atoms with E-state index in [0.29, 0.717) is 10.9 Å². The molecule has 30 heavy (non-hydrogen) atoms. The van der Waals surface area contributed by atoms with Gasteiger partial charge in [0.15, 0.2) is 0 Å². The van der Waals surface area contributed by atoms with Crippen LogP contribution >= 0.6 is 0 Å². The summed E-state index contributed by atoms with van der Waals surface area (Å²) in [5.41, 5.74) is -0.158. The highest BCUT2D eigenvalue weighted by molar-refractivity contribution is 6.62. The van der Waals surface area contributed by atoms with Gasteiger partial charge in [0.2, 0.25) is 0 Å². The minimum Gasteiger partial charge on any atom is -0.455 e. The maximum atomic E-state index is 12.8. The molecule has 162 valence electrons. The number of hydrogen-bond acceptors (Lipinski definition) is 6. The molecule has 1 aromatic heterocycles. The summed E-state index contributed by atoms with van der Waals surface area (Å²) < 4.78 is 24.2. The van der Waals surface area contributed by atoms with Gasteiger partial charge in [-0.1, -0.05) is 12.1 Å². The zero-order valence-electron chi connectivity index (χ0n) is 19.0. The van der Waals surface area contributed by atoms with E-state index >= 15 is 0 Å². The fourth-order valence-electron chi connectivity index (χ4n) is 3.22. The van der Waals surface area contributed by atoms with Crippen LogP contribution < -0.4 is 5.46 Å². The summed E-state index contributed by atoms with van der Waals surface area (Å²) in [4.78, 5) is 25.4. The summed E-state index contributed by atoms with van der Waals surface area (Å²) in [5.74, 6) is -0.594. The Balaban J connectivity index is 2.06. The molecule has 0 unspecified atom stereocenters. The van der Waals surface area contributed by atoms with Crippen LogP contribution in [0.4, 0.5) is 4.79 Å². The Hall–Kier alpha value is -2.32. The first kappa shape index (κ1) is 22.4. The second-order valence-electron chi connectivity index (χ2n) is 9.47. The summed E-state index contributed by atoms with van der Waals surface area (Å²) in [6.07, 6.45) is -0.628. The van der Waals surface area contributed by atoms with Gasteiger partial charge >= 0.3 is 19.2 Å². The first-order valence-electron chi connectivity index (χ1n) is 10.2. The van der Waals surface area contributed by atoms with E-state index in [2.05, 4.69) is 0 Å². The van der Waals surface area contributed by atoms with Crippen molar-refractivity contribution in [2.45, 2.75) is 72.2 Å². The van der Waals surface area contributed by atoms with Gasteiger partial charge in [-0.3, -0.25) is 0 Å². The topological polar surface area (TPSA) is 76.0 Å². The van der Waals surface area contributed by atoms with Crippen molar-refractivity contribution in [1.82, 2.24) is 4.57 Å². The second-order valence-corrected chi connectivity index (χ2v) is 9.47. The first-order chi connectivity index (χ1) is 13.8. The van der Waals surface area contributed by atoms with E-state index in [-0.39, 0.29) is 12.3 Å². The molecule has 1 aromatic carbocycles. The molecule has 2 aromatic rings. The summed E-state index contributed by atoms with van der Waals surface area (Å²) >= 11 is 0. The molecule has 0 bridgehead atoms. The first-order valence-corrected chi connectivity index (χ1v) is 10.2. The molecule has 0 saturated carbocycles. The highest BCUT2D eigenvalue weighted by Crippen LogP contribution is 2.36. The van der Waals surface area contributed by atoms with E-state index in [9.17, 15) is 9.59 Å². The summed E-state index contributed by atoms with van der Waals surface area (Å²) in [5, 5.41) is 0.691. The average Bonchev–Trinajstić information content (AvgIpc) is 3.07. The number of carbonyl (C=O) groups excluding carboxylic acids is 2. The number of carbonyl (C=O) groups is 2. The molecule has 1 aliphatic rings. The number of benzene rings is 1. The number of fused-ring (bicyclic) bond motifs is 1. The molecule has 0 N–H and O–H groups in total. The van der Waals surface area contributed by atoms with Crippen LogP contribution in [-0.4, -0.2) is 47.2 Å². The van der Waals surface area contributed by atoms with Crippen molar-refractivity contribution in [3.63, 3.8) is 0 Å². The van der Waals surface area contributed by atoms with Gasteiger partial charge in [0.25, 0.3) is 0 Å². The lowest BCUT2D eigenvalue weighted by Crippen LogP contribution is -2.41. The molecule has 1 aliphatic heterocycles. The number of nitrogens with zero attached hydrogens (tertiary/aromatic N) is 1. The van der Waals surface area contributed by atoms with Gasteiger partial charge in [-0.05, 0) is 73.0 Å². The van der Waals surface area contributed by atoms with Crippen molar-refractivity contribution in [2.24, 2.45) is 0 Å². The lowest BCUT2D eigenvalue weighted by Gasteiger charge is -2.32. The van der Waals surface area contributed by atoms with Crippen LogP contribution in [0.5, 0.6) is 0 Å². The van der Waals surface area contributed by atoms with E-state index in [1.165, 1.54) is 4.57 Å². The van der Waals surface area contributed by atoms with Crippen LogP contribution in [0.25, 0.3) is 10.9 Å². The smallest absolute Gasteiger partial charge is 0.455 e. The molecule has 0 aliphatic carbocycles. The molecular formula is C22H30BNO6. The molecule has 8 heteroatoms. The Kier molecular flexibility index (Phi) is 5.54. The van der Waals surface area contributed by atoms with E-state index < -0.39 is 36.0 Å². The van der Waals surface area contributed by atoms with Gasteiger partial charge in [-0.2, -0.15) is 0 Å². The minimum atomic E-state index is -0.694. The molecule has 1 saturated heterocycles. The van der Waals surface area contributed by atoms with E-state index in [0.717, 1.165) is 5.46 Å². The summed E-state index contributed by atoms with van der Waals surface area (Å²) in [7, 11) is -0.546. The van der Waals surface area contributed by atoms with Crippen LogP contribution in [0.3, 0.4) is 0 Å². The van der Waals surface area contributed by atoms with Crippen LogP contribution in [0.1, 0.15) is 65.9 Å². The molecule has 3 rings (SSSR count). The second kappa shape index (κ2) is 7.43. The van der Waals surface area contributed by atoms with Gasteiger partial charge in [-0.25, -0.2) is 14.2 Å². The molecule has 0 radical (unpaired) electrons. The van der Waals surface area contributed by atoms with Gasteiger partial charge < -0.3 is 18.8 Å². The largest absolute Gasteiger partial charge is 0.494 e. The predicted molar refractivity (Wildman–Crippen MR) is 115 cm³/mol. The molecule has 7 nitrogen and oxygen atoms in total. The maximum absolute atomic E-state index is 12.8. The summed E-state index contributed by atoms with van der Waals surface area (Å²) in [6.45, 7) is 15.2. The van der Waals surface area contributed by atoms with Gasteiger partial charge in [0.1, 0.15) is 11.3 Å². The molecular weight excluding hydrogens is 385 g/mol. The Labute approximate surface area is 177 Å². The molecule has 0 amide bonds. The molecule has 0 spiro atoms. The van der Waals surface area contributed by atoms with Crippen LogP contribution in [0.2, 0.25) is 0 Å². The zero-order valence-corrected chi connectivity index (χ0v) is 19.0. The monoisotopic (exact) mass is 415 g/mol. The van der Waals surface area contributed by atoms with Crippen molar-refractivity contribution in [1.29, 1.82) is 0 Å². The Morgan fingerprint density at radius 1 is 1.07 bits per heavy atom. The van der Waals surface area contributed by atoms with Crippen molar-refractivity contribution in [2.75, 3.05) is 6.61 Å². The fourth-order valence-corrected chi connectivity index (χ4v) is 3.22. The van der Waals surface area contributed by atoms with E-state index in [4.69, 9.17) is 18.8 Å². The van der Waals surface area contributed by atoms with Crippen LogP contribution in [0.15, 0.2) is 24.3 Å². The number of ether oxygens (including phenoxy) is 2. The molecule has 2 heterocycles. The van der Waals surface area contributed by atoms with Crippen LogP contribution in [-0.2, 0) is 18.8 Å². The van der Waals surface area contributed by atoms with Crippen LogP contribution in [0, 0.1) is 0 Å². The predicted octanol–water partition coefficient (Wildman–Crippen LogP) is 3.90. The third-order valence-electron chi connectivity index (χ3n) is 5.41. The Morgan fingerprint density at radius 2 is 1.67 bits per heavy atom. The van der Waals surface area contributed by atoms with Crippen molar-refractivity contribution < 1.29 is 28.4 Å². The Bertz CT molecular complexity index is 969. The lowest BCUT2D eigenvalue weighted by atomic mass is 9.78. The summed E-state index contributed by atoms with van der Waals surface area (Å²) in [6, 6.07) is 7.09. The van der Waals surface area contributed by atoms with E-state index in [1.54, 1.807) is 39.8 Å².